The van der Waals surface area contributed by atoms with Crippen molar-refractivity contribution in [2.45, 2.75) is 46.5 Å². The molecule has 0 saturated carbocycles. The summed E-state index contributed by atoms with van der Waals surface area (Å²) in [6.45, 7) is 0. The van der Waals surface area contributed by atoms with Gasteiger partial charge in [0.05, 0.1) is 11.6 Å². The Balaban J connectivity index is 1.16. The molecular formula is C43H33NS2. The Bertz CT molecular complexity index is 2090. The summed E-state index contributed by atoms with van der Waals surface area (Å²) >= 11 is 4.10. The SMILES string of the molecule is N#Cc1ccccc1-c1ccccc1-c1cc(C2=CC3Sc4ccccc4C3C=C2)cc(C2C=C3SC4CCC=CC4C3=CC2)c1. The molecule has 1 fully saturated rings. The first-order chi connectivity index (χ1) is 22.7. The first kappa shape index (κ1) is 28.0. The van der Waals surface area contributed by atoms with Gasteiger partial charge in [0, 0.05) is 43.6 Å². The first-order valence-electron chi connectivity index (χ1n) is 16.4. The van der Waals surface area contributed by atoms with Crippen molar-refractivity contribution in [2.24, 2.45) is 5.92 Å². The van der Waals surface area contributed by atoms with E-state index in [4.69, 9.17) is 0 Å². The molecule has 222 valence electrons. The fraction of sp³-hybridized carbons (Fsp3) is 0.186. The molecule has 0 amide bonds. The molecule has 5 unspecified atom stereocenters. The van der Waals surface area contributed by atoms with E-state index in [2.05, 4.69) is 133 Å². The molecule has 2 aliphatic heterocycles. The Hall–Kier alpha value is -4.23. The van der Waals surface area contributed by atoms with Gasteiger partial charge in [-0.1, -0.05) is 115 Å². The van der Waals surface area contributed by atoms with Crippen LogP contribution in [-0.4, -0.2) is 10.5 Å². The van der Waals surface area contributed by atoms with Crippen LogP contribution in [0.3, 0.4) is 0 Å². The zero-order valence-electron chi connectivity index (χ0n) is 25.5. The predicted octanol–water partition coefficient (Wildman–Crippen LogP) is 11.5. The Morgan fingerprint density at radius 3 is 2.46 bits per heavy atom. The lowest BCUT2D eigenvalue weighted by atomic mass is 9.80. The minimum atomic E-state index is 0.332. The third kappa shape index (κ3) is 4.79. The lowest BCUT2D eigenvalue weighted by Gasteiger charge is -2.24. The fourth-order valence-corrected chi connectivity index (χ4v) is 10.9. The quantitative estimate of drug-likeness (QED) is 0.210. The van der Waals surface area contributed by atoms with Crippen LogP contribution in [0, 0.1) is 17.2 Å². The van der Waals surface area contributed by atoms with Gasteiger partial charge in [-0.15, -0.1) is 23.5 Å². The van der Waals surface area contributed by atoms with E-state index >= 15 is 0 Å². The summed E-state index contributed by atoms with van der Waals surface area (Å²) in [5.41, 5.74) is 12.1. The molecule has 0 bridgehead atoms. The standard InChI is InChI=1S/C43H33NS2/c44-26-29-9-1-2-10-33(29)35-12-4-3-11-34(35)32-22-30(27-17-19-38-36-13-5-7-15-40(36)45-42(38)24-27)21-31(23-32)28-18-20-39-37-14-6-8-16-41(37)46-43(39)25-28/h1-7,9-15,17,19-25,28,37-38,41-42H,8,16,18H2. The van der Waals surface area contributed by atoms with Crippen LogP contribution in [0.25, 0.3) is 27.8 Å². The topological polar surface area (TPSA) is 23.8 Å². The number of hydrogen-bond donors (Lipinski definition) is 0. The highest BCUT2D eigenvalue weighted by Gasteiger charge is 2.37. The van der Waals surface area contributed by atoms with Gasteiger partial charge in [-0.05, 0) is 82.0 Å². The maximum absolute atomic E-state index is 9.98. The normalized spacial score (nSPS) is 25.4. The summed E-state index contributed by atoms with van der Waals surface area (Å²) in [7, 11) is 0. The highest BCUT2D eigenvalue weighted by molar-refractivity contribution is 8.04. The van der Waals surface area contributed by atoms with Crippen LogP contribution in [0.5, 0.6) is 0 Å². The first-order valence-corrected chi connectivity index (χ1v) is 18.1. The minimum Gasteiger partial charge on any atom is -0.192 e. The monoisotopic (exact) mass is 627 g/mol. The Morgan fingerprint density at radius 1 is 0.739 bits per heavy atom. The molecule has 0 N–H and O–H groups in total. The second-order valence-corrected chi connectivity index (χ2v) is 15.4. The predicted molar refractivity (Wildman–Crippen MR) is 195 cm³/mol. The van der Waals surface area contributed by atoms with Crippen LogP contribution in [0.2, 0.25) is 0 Å². The van der Waals surface area contributed by atoms with E-state index in [1.54, 1.807) is 5.57 Å². The van der Waals surface area contributed by atoms with Crippen molar-refractivity contribution in [2.75, 3.05) is 0 Å². The number of nitrogens with zero attached hydrogens (tertiary/aromatic N) is 1. The number of nitriles is 1. The highest BCUT2D eigenvalue weighted by atomic mass is 32.2. The molecule has 4 aromatic carbocycles. The van der Waals surface area contributed by atoms with Gasteiger partial charge in [-0.2, -0.15) is 5.26 Å². The molecule has 3 heteroatoms. The summed E-state index contributed by atoms with van der Waals surface area (Å²) in [5.74, 6) is 1.34. The van der Waals surface area contributed by atoms with Crippen molar-refractivity contribution in [1.82, 2.24) is 0 Å². The average molecular weight is 628 g/mol. The zero-order valence-corrected chi connectivity index (χ0v) is 27.1. The lowest BCUT2D eigenvalue weighted by molar-refractivity contribution is 0.640. The van der Waals surface area contributed by atoms with Gasteiger partial charge in [0.25, 0.3) is 0 Å². The minimum absolute atomic E-state index is 0.332. The molecule has 1 saturated heterocycles. The number of benzene rings is 4. The third-order valence-electron chi connectivity index (χ3n) is 10.2. The Labute approximate surface area is 280 Å². The maximum atomic E-state index is 9.98. The van der Waals surface area contributed by atoms with Crippen LogP contribution in [0.15, 0.2) is 149 Å². The second-order valence-electron chi connectivity index (χ2n) is 12.9. The van der Waals surface area contributed by atoms with E-state index < -0.39 is 0 Å². The van der Waals surface area contributed by atoms with Crippen LogP contribution >= 0.6 is 23.5 Å². The van der Waals surface area contributed by atoms with E-state index in [0.717, 1.165) is 17.5 Å². The van der Waals surface area contributed by atoms with E-state index in [9.17, 15) is 5.26 Å². The summed E-state index contributed by atoms with van der Waals surface area (Å²) < 4.78 is 0. The van der Waals surface area contributed by atoms with Gasteiger partial charge in [0.15, 0.2) is 0 Å². The highest BCUT2D eigenvalue weighted by Crippen LogP contribution is 2.54. The van der Waals surface area contributed by atoms with Gasteiger partial charge in [0.2, 0.25) is 0 Å². The third-order valence-corrected chi connectivity index (χ3v) is 13.0. The van der Waals surface area contributed by atoms with E-state index in [0.29, 0.717) is 33.8 Å². The van der Waals surface area contributed by atoms with Gasteiger partial charge in [0.1, 0.15) is 0 Å². The second kappa shape index (κ2) is 11.5. The molecule has 2 heterocycles. The molecule has 3 aliphatic carbocycles. The largest absolute Gasteiger partial charge is 0.192 e. The number of fused-ring (bicyclic) bond motifs is 6. The molecule has 4 aromatic rings. The smallest absolute Gasteiger partial charge is 0.0998 e. The molecular weight excluding hydrogens is 595 g/mol. The van der Waals surface area contributed by atoms with Crippen molar-refractivity contribution in [3.8, 4) is 28.3 Å². The molecule has 0 spiro atoms. The van der Waals surface area contributed by atoms with Crippen LogP contribution in [-0.2, 0) is 0 Å². The maximum Gasteiger partial charge on any atom is 0.0998 e. The van der Waals surface area contributed by atoms with Crippen LogP contribution in [0.4, 0.5) is 0 Å². The Morgan fingerprint density at radius 2 is 1.54 bits per heavy atom. The number of hydrogen-bond acceptors (Lipinski definition) is 3. The van der Waals surface area contributed by atoms with Gasteiger partial charge >= 0.3 is 0 Å². The summed E-state index contributed by atoms with van der Waals surface area (Å²) in [6, 6.07) is 35.1. The average Bonchev–Trinajstić information content (AvgIpc) is 3.69. The van der Waals surface area contributed by atoms with Crippen molar-refractivity contribution in [3.05, 3.63) is 166 Å². The van der Waals surface area contributed by atoms with Crippen LogP contribution in [0.1, 0.15) is 53.4 Å². The van der Waals surface area contributed by atoms with E-state index in [1.165, 1.54) is 56.0 Å². The van der Waals surface area contributed by atoms with Crippen molar-refractivity contribution >= 4 is 29.1 Å². The number of allylic oxidation sites excluding steroid dienone is 8. The zero-order chi connectivity index (χ0) is 30.6. The van der Waals surface area contributed by atoms with Crippen molar-refractivity contribution in [1.29, 1.82) is 5.26 Å². The molecule has 5 aliphatic rings. The van der Waals surface area contributed by atoms with Gasteiger partial charge in [-0.25, -0.2) is 0 Å². The van der Waals surface area contributed by atoms with Crippen LogP contribution < -0.4 is 0 Å². The van der Waals surface area contributed by atoms with Gasteiger partial charge in [-0.3, -0.25) is 0 Å². The molecule has 0 aromatic heterocycles. The molecule has 0 radical (unpaired) electrons. The number of thioether (sulfide) groups is 2. The Kier molecular flexibility index (Phi) is 7.03. The molecule has 1 nitrogen and oxygen atoms in total. The van der Waals surface area contributed by atoms with E-state index in [1.807, 2.05) is 30.0 Å². The van der Waals surface area contributed by atoms with Crippen molar-refractivity contribution in [3.63, 3.8) is 0 Å². The summed E-state index contributed by atoms with van der Waals surface area (Å²) in [6.07, 6.45) is 20.7. The molecule has 9 rings (SSSR count). The molecule has 46 heavy (non-hydrogen) atoms. The fourth-order valence-electron chi connectivity index (χ4n) is 7.96. The summed E-state index contributed by atoms with van der Waals surface area (Å²) in [5, 5.41) is 11.1. The molecule has 5 atom stereocenters. The van der Waals surface area contributed by atoms with Crippen molar-refractivity contribution < 1.29 is 0 Å². The number of rotatable bonds is 4. The van der Waals surface area contributed by atoms with Gasteiger partial charge < -0.3 is 0 Å². The summed E-state index contributed by atoms with van der Waals surface area (Å²) in [4.78, 5) is 2.90. The lowest BCUT2D eigenvalue weighted by Crippen LogP contribution is -2.14. The van der Waals surface area contributed by atoms with E-state index in [-0.39, 0.29) is 0 Å².